The van der Waals surface area contributed by atoms with Crippen LogP contribution in [0.25, 0.3) is 11.4 Å². The summed E-state index contributed by atoms with van der Waals surface area (Å²) in [6, 6.07) is 8.64. The fraction of sp³-hybridized carbons (Fsp3) is 0.125. The number of amides is 1. The van der Waals surface area contributed by atoms with Gasteiger partial charge in [-0.3, -0.25) is 4.79 Å². The molecule has 8 heteroatoms. The lowest BCUT2D eigenvalue weighted by atomic mass is 10.2. The molecule has 1 aromatic carbocycles. The Labute approximate surface area is 141 Å². The smallest absolute Gasteiger partial charge is 0.254 e. The number of nitrogens with zero attached hydrogens (tertiary/aromatic N) is 2. The summed E-state index contributed by atoms with van der Waals surface area (Å²) in [5.41, 5.74) is 0.846. The molecule has 6 nitrogen and oxygen atoms in total. The number of carbonyl (C=O) groups is 1. The van der Waals surface area contributed by atoms with E-state index < -0.39 is 11.9 Å². The Hall–Kier alpha value is -2.87. The minimum atomic E-state index is -0.526. The first-order chi connectivity index (χ1) is 11.5. The van der Waals surface area contributed by atoms with Gasteiger partial charge in [-0.2, -0.15) is 4.98 Å². The lowest BCUT2D eigenvalue weighted by Crippen LogP contribution is -2.27. The van der Waals surface area contributed by atoms with Crippen LogP contribution in [0.4, 0.5) is 4.39 Å². The number of halogens is 1. The fourth-order valence-corrected chi connectivity index (χ4v) is 2.32. The quantitative estimate of drug-likeness (QED) is 0.709. The van der Waals surface area contributed by atoms with Crippen molar-refractivity contribution < 1.29 is 13.7 Å². The van der Waals surface area contributed by atoms with Gasteiger partial charge in [0.05, 0.1) is 5.56 Å². The van der Waals surface area contributed by atoms with Gasteiger partial charge in [-0.05, 0) is 31.2 Å². The third-order valence-electron chi connectivity index (χ3n) is 3.31. The number of aromatic nitrogens is 3. The van der Waals surface area contributed by atoms with E-state index in [1.807, 2.05) is 0 Å². The monoisotopic (exact) mass is 344 g/mol. The Kier molecular flexibility index (Phi) is 4.48. The van der Waals surface area contributed by atoms with Gasteiger partial charge in [0.25, 0.3) is 5.91 Å². The molecule has 1 amide bonds. The Morgan fingerprint density at radius 1 is 1.38 bits per heavy atom. The third-order valence-corrected chi connectivity index (χ3v) is 3.64. The van der Waals surface area contributed by atoms with Gasteiger partial charge in [0.2, 0.25) is 11.7 Å². The molecule has 24 heavy (non-hydrogen) atoms. The van der Waals surface area contributed by atoms with Crippen LogP contribution < -0.4 is 5.32 Å². The molecule has 3 rings (SSSR count). The van der Waals surface area contributed by atoms with E-state index in [0.29, 0.717) is 15.8 Å². The summed E-state index contributed by atoms with van der Waals surface area (Å²) >= 11 is 5.07. The first-order valence-electron chi connectivity index (χ1n) is 7.12. The average molecular weight is 344 g/mol. The standard InChI is InChI=1S/C16H13FN4O2S/c1-9(19-14(22)12-6-3-7-18-16(12)24)15-20-13(21-23-15)10-4-2-5-11(17)8-10/h2-9H,1H3,(H,18,24)(H,19,22). The van der Waals surface area contributed by atoms with E-state index in [0.717, 1.165) is 0 Å². The van der Waals surface area contributed by atoms with Gasteiger partial charge in [-0.25, -0.2) is 4.39 Å². The summed E-state index contributed by atoms with van der Waals surface area (Å²) in [5, 5.41) is 6.55. The highest BCUT2D eigenvalue weighted by Gasteiger charge is 2.19. The number of nitrogens with one attached hydrogen (secondary N) is 2. The van der Waals surface area contributed by atoms with Gasteiger partial charge < -0.3 is 14.8 Å². The highest BCUT2D eigenvalue weighted by atomic mass is 32.1. The molecule has 0 saturated heterocycles. The van der Waals surface area contributed by atoms with Crippen LogP contribution in [0, 0.1) is 10.5 Å². The second-order valence-corrected chi connectivity index (χ2v) is 5.48. The summed E-state index contributed by atoms with van der Waals surface area (Å²) in [6.07, 6.45) is 1.64. The number of H-pyrrole nitrogens is 1. The zero-order chi connectivity index (χ0) is 17.1. The molecule has 0 aliphatic heterocycles. The first-order valence-corrected chi connectivity index (χ1v) is 7.53. The molecule has 0 spiro atoms. The molecular weight excluding hydrogens is 331 g/mol. The molecule has 2 heterocycles. The topological polar surface area (TPSA) is 83.8 Å². The molecule has 0 fully saturated rings. The van der Waals surface area contributed by atoms with E-state index in [1.165, 1.54) is 12.1 Å². The maximum atomic E-state index is 13.3. The molecule has 1 atom stereocenters. The molecular formula is C16H13FN4O2S. The Bertz CT molecular complexity index is 937. The average Bonchev–Trinajstić information content (AvgIpc) is 3.05. The van der Waals surface area contributed by atoms with Gasteiger partial charge in [-0.1, -0.05) is 29.5 Å². The molecule has 1 unspecified atom stereocenters. The van der Waals surface area contributed by atoms with Crippen LogP contribution in [0.2, 0.25) is 0 Å². The van der Waals surface area contributed by atoms with E-state index in [-0.39, 0.29) is 17.6 Å². The van der Waals surface area contributed by atoms with E-state index in [9.17, 15) is 9.18 Å². The molecule has 2 N–H and O–H groups in total. The predicted octanol–water partition coefficient (Wildman–Crippen LogP) is 3.42. The van der Waals surface area contributed by atoms with Crippen LogP contribution in [0.15, 0.2) is 47.1 Å². The minimum Gasteiger partial charge on any atom is -0.352 e. The van der Waals surface area contributed by atoms with E-state index >= 15 is 0 Å². The van der Waals surface area contributed by atoms with E-state index in [4.69, 9.17) is 16.7 Å². The van der Waals surface area contributed by atoms with Crippen LogP contribution in [-0.4, -0.2) is 21.0 Å². The highest BCUT2D eigenvalue weighted by Crippen LogP contribution is 2.19. The summed E-state index contributed by atoms with van der Waals surface area (Å²) in [6.45, 7) is 1.70. The molecule has 122 valence electrons. The van der Waals surface area contributed by atoms with Crippen LogP contribution >= 0.6 is 12.2 Å². The minimum absolute atomic E-state index is 0.216. The lowest BCUT2D eigenvalue weighted by molar-refractivity contribution is 0.0931. The molecule has 0 saturated carbocycles. The molecule has 0 radical (unpaired) electrons. The van der Waals surface area contributed by atoms with Crippen LogP contribution in [0.5, 0.6) is 0 Å². The summed E-state index contributed by atoms with van der Waals surface area (Å²) in [4.78, 5) is 19.2. The van der Waals surface area contributed by atoms with Crippen molar-refractivity contribution in [1.29, 1.82) is 0 Å². The van der Waals surface area contributed by atoms with Crippen LogP contribution in [-0.2, 0) is 0 Å². The highest BCUT2D eigenvalue weighted by molar-refractivity contribution is 7.71. The number of hydrogen-bond acceptors (Lipinski definition) is 5. The van der Waals surface area contributed by atoms with E-state index in [2.05, 4.69) is 20.4 Å². The van der Waals surface area contributed by atoms with E-state index in [1.54, 1.807) is 37.4 Å². The van der Waals surface area contributed by atoms with Gasteiger partial charge in [0, 0.05) is 11.8 Å². The van der Waals surface area contributed by atoms with Crippen molar-refractivity contribution in [3.63, 3.8) is 0 Å². The van der Waals surface area contributed by atoms with Gasteiger partial charge in [0.15, 0.2) is 0 Å². The number of benzene rings is 1. The van der Waals surface area contributed by atoms with Crippen molar-refractivity contribution in [3.8, 4) is 11.4 Å². The van der Waals surface area contributed by atoms with Crippen molar-refractivity contribution in [2.24, 2.45) is 0 Å². The number of carbonyl (C=O) groups excluding carboxylic acids is 1. The number of hydrogen-bond donors (Lipinski definition) is 2. The zero-order valence-corrected chi connectivity index (χ0v) is 13.4. The fourth-order valence-electron chi connectivity index (χ4n) is 2.09. The first kappa shape index (κ1) is 16.0. The van der Waals surface area contributed by atoms with Crippen LogP contribution in [0.1, 0.15) is 29.2 Å². The SMILES string of the molecule is CC(NC(=O)c1ccc[nH]c1=S)c1nc(-c2cccc(F)c2)no1. The third kappa shape index (κ3) is 3.38. The van der Waals surface area contributed by atoms with Crippen molar-refractivity contribution in [3.05, 3.63) is 64.5 Å². The van der Waals surface area contributed by atoms with Crippen molar-refractivity contribution in [2.75, 3.05) is 0 Å². The molecule has 3 aromatic rings. The molecule has 2 aromatic heterocycles. The zero-order valence-electron chi connectivity index (χ0n) is 12.6. The molecule has 0 aliphatic rings. The summed E-state index contributed by atoms with van der Waals surface area (Å²) in [5.74, 6) is -0.274. The van der Waals surface area contributed by atoms with Gasteiger partial charge in [-0.15, -0.1) is 0 Å². The number of rotatable bonds is 4. The summed E-state index contributed by atoms with van der Waals surface area (Å²) < 4.78 is 18.8. The maximum Gasteiger partial charge on any atom is 0.254 e. The second-order valence-electron chi connectivity index (χ2n) is 5.07. The van der Waals surface area contributed by atoms with Crippen molar-refractivity contribution in [2.45, 2.75) is 13.0 Å². The Morgan fingerprint density at radius 3 is 2.96 bits per heavy atom. The maximum absolute atomic E-state index is 13.3. The van der Waals surface area contributed by atoms with Gasteiger partial charge in [0.1, 0.15) is 16.5 Å². The largest absolute Gasteiger partial charge is 0.352 e. The van der Waals surface area contributed by atoms with Crippen molar-refractivity contribution in [1.82, 2.24) is 20.4 Å². The molecule has 0 bridgehead atoms. The van der Waals surface area contributed by atoms with Gasteiger partial charge >= 0.3 is 0 Å². The number of pyridine rings is 1. The second kappa shape index (κ2) is 6.71. The molecule has 0 aliphatic carbocycles. The predicted molar refractivity (Wildman–Crippen MR) is 87.2 cm³/mol. The lowest BCUT2D eigenvalue weighted by Gasteiger charge is -2.09. The summed E-state index contributed by atoms with van der Waals surface area (Å²) in [7, 11) is 0. The number of aromatic amines is 1. The Morgan fingerprint density at radius 2 is 2.21 bits per heavy atom. The van der Waals surface area contributed by atoms with Crippen molar-refractivity contribution >= 4 is 18.1 Å². The Balaban J connectivity index is 1.77. The normalized spacial score (nSPS) is 11.9. The van der Waals surface area contributed by atoms with Crippen LogP contribution in [0.3, 0.4) is 0 Å².